The van der Waals surface area contributed by atoms with Crippen LogP contribution in [0.2, 0.25) is 10.0 Å². The molecule has 1 heterocycles. The zero-order chi connectivity index (χ0) is 17.1. The molecule has 1 aliphatic carbocycles. The SMILES string of the molecule is CC1(c2ccccc2)Cc2c3c(c(Cl)c(Cl)c2C1=O)OC(CO)C3. The smallest absolute Gasteiger partial charge is 0.175 e. The van der Waals surface area contributed by atoms with Crippen molar-refractivity contribution in [3.63, 3.8) is 0 Å². The predicted octanol–water partition coefficient (Wildman–Crippen LogP) is 3.99. The van der Waals surface area contributed by atoms with E-state index in [1.165, 1.54) is 0 Å². The van der Waals surface area contributed by atoms with Gasteiger partial charge in [0.1, 0.15) is 16.9 Å². The first kappa shape index (κ1) is 15.9. The topological polar surface area (TPSA) is 46.5 Å². The Labute approximate surface area is 150 Å². The molecule has 1 aliphatic heterocycles. The molecule has 2 atom stereocenters. The molecule has 2 aliphatic rings. The average molecular weight is 363 g/mol. The molecule has 2 aromatic carbocycles. The van der Waals surface area contributed by atoms with E-state index in [9.17, 15) is 9.90 Å². The molecule has 0 saturated carbocycles. The highest BCUT2D eigenvalue weighted by Gasteiger charge is 2.47. The lowest BCUT2D eigenvalue weighted by Gasteiger charge is -2.22. The first-order valence-corrected chi connectivity index (χ1v) is 8.63. The van der Waals surface area contributed by atoms with Crippen molar-refractivity contribution in [2.75, 3.05) is 6.61 Å². The molecule has 1 N–H and O–H groups in total. The summed E-state index contributed by atoms with van der Waals surface area (Å²) in [5.41, 5.74) is 2.63. The van der Waals surface area contributed by atoms with Crippen LogP contribution in [-0.2, 0) is 18.3 Å². The summed E-state index contributed by atoms with van der Waals surface area (Å²) < 4.78 is 5.72. The molecule has 0 bridgehead atoms. The van der Waals surface area contributed by atoms with Gasteiger partial charge in [-0.1, -0.05) is 53.5 Å². The number of Topliss-reactive ketones (excluding diaryl/α,β-unsaturated/α-hetero) is 1. The maximum atomic E-state index is 13.2. The lowest BCUT2D eigenvalue weighted by molar-refractivity contribution is 0.0915. The van der Waals surface area contributed by atoms with Crippen LogP contribution in [0.1, 0.15) is 34.0 Å². The highest BCUT2D eigenvalue weighted by Crippen LogP contribution is 2.51. The molecule has 0 amide bonds. The number of ether oxygens (including phenoxy) is 1. The molecule has 2 aromatic rings. The molecule has 0 fully saturated rings. The van der Waals surface area contributed by atoms with Gasteiger partial charge in [0.2, 0.25) is 0 Å². The fourth-order valence-electron chi connectivity index (χ4n) is 3.82. The number of benzene rings is 2. The normalized spacial score (nSPS) is 24.7. The predicted molar refractivity (Wildman–Crippen MR) is 93.5 cm³/mol. The molecule has 124 valence electrons. The standard InChI is InChI=1S/C19H16Cl2O3/c1-19(10-5-3-2-4-6-10)8-13-12-7-11(9-22)24-17(12)16(21)15(20)14(13)18(19)23/h2-6,11,22H,7-9H2,1H3. The van der Waals surface area contributed by atoms with Crippen LogP contribution in [0.3, 0.4) is 0 Å². The number of hydrogen-bond acceptors (Lipinski definition) is 3. The Morgan fingerprint density at radius 1 is 1.21 bits per heavy atom. The van der Waals surface area contributed by atoms with Gasteiger partial charge in [-0.15, -0.1) is 0 Å². The van der Waals surface area contributed by atoms with Gasteiger partial charge in [-0.25, -0.2) is 0 Å². The van der Waals surface area contributed by atoms with Crippen molar-refractivity contribution in [2.24, 2.45) is 0 Å². The van der Waals surface area contributed by atoms with E-state index in [-0.39, 0.29) is 28.5 Å². The summed E-state index contributed by atoms with van der Waals surface area (Å²) in [5, 5.41) is 9.94. The molecular formula is C19H16Cl2O3. The van der Waals surface area contributed by atoms with Crippen molar-refractivity contribution in [1.82, 2.24) is 0 Å². The average Bonchev–Trinajstić information content (AvgIpc) is 3.15. The van der Waals surface area contributed by atoms with Crippen molar-refractivity contribution >= 4 is 29.0 Å². The maximum absolute atomic E-state index is 13.2. The van der Waals surface area contributed by atoms with Crippen molar-refractivity contribution in [2.45, 2.75) is 31.3 Å². The third-order valence-corrected chi connectivity index (χ3v) is 5.98. The summed E-state index contributed by atoms with van der Waals surface area (Å²) in [6.45, 7) is 1.85. The molecule has 24 heavy (non-hydrogen) atoms. The van der Waals surface area contributed by atoms with E-state index < -0.39 is 5.41 Å². The van der Waals surface area contributed by atoms with Gasteiger partial charge >= 0.3 is 0 Å². The van der Waals surface area contributed by atoms with Crippen LogP contribution in [0, 0.1) is 0 Å². The Morgan fingerprint density at radius 2 is 1.92 bits per heavy atom. The number of fused-ring (bicyclic) bond motifs is 3. The third-order valence-electron chi connectivity index (χ3n) is 5.14. The molecule has 0 saturated heterocycles. The Hall–Kier alpha value is -1.55. The second-order valence-electron chi connectivity index (χ2n) is 6.62. The van der Waals surface area contributed by atoms with Crippen LogP contribution in [0.25, 0.3) is 0 Å². The minimum atomic E-state index is -0.664. The number of carbonyl (C=O) groups excluding carboxylic acids is 1. The summed E-state index contributed by atoms with van der Waals surface area (Å²) in [4.78, 5) is 13.2. The Bertz CT molecular complexity index is 848. The molecule has 5 heteroatoms. The number of hydrogen-bond donors (Lipinski definition) is 1. The number of rotatable bonds is 2. The van der Waals surface area contributed by atoms with E-state index in [1.54, 1.807) is 0 Å². The fourth-order valence-corrected chi connectivity index (χ4v) is 4.36. The van der Waals surface area contributed by atoms with Crippen molar-refractivity contribution in [3.05, 3.63) is 62.6 Å². The zero-order valence-electron chi connectivity index (χ0n) is 13.1. The van der Waals surface area contributed by atoms with Crippen LogP contribution in [0.15, 0.2) is 30.3 Å². The van der Waals surface area contributed by atoms with Gasteiger partial charge in [0.15, 0.2) is 5.78 Å². The van der Waals surface area contributed by atoms with E-state index in [2.05, 4.69) is 0 Å². The van der Waals surface area contributed by atoms with Crippen molar-refractivity contribution in [1.29, 1.82) is 0 Å². The zero-order valence-corrected chi connectivity index (χ0v) is 14.6. The van der Waals surface area contributed by atoms with E-state index >= 15 is 0 Å². The monoisotopic (exact) mass is 362 g/mol. The van der Waals surface area contributed by atoms with Crippen LogP contribution >= 0.6 is 23.2 Å². The Balaban J connectivity index is 1.90. The summed E-state index contributed by atoms with van der Waals surface area (Å²) in [6, 6.07) is 9.72. The van der Waals surface area contributed by atoms with Gasteiger partial charge in [-0.2, -0.15) is 0 Å². The highest BCUT2D eigenvalue weighted by atomic mass is 35.5. The third kappa shape index (κ3) is 2.05. The molecule has 2 unspecified atom stereocenters. The van der Waals surface area contributed by atoms with Crippen LogP contribution in [0.5, 0.6) is 5.75 Å². The lowest BCUT2D eigenvalue weighted by atomic mass is 9.79. The van der Waals surface area contributed by atoms with Gasteiger partial charge in [0, 0.05) is 17.5 Å². The minimum absolute atomic E-state index is 0.00847. The molecule has 0 spiro atoms. The maximum Gasteiger partial charge on any atom is 0.175 e. The minimum Gasteiger partial charge on any atom is -0.486 e. The summed E-state index contributed by atoms with van der Waals surface area (Å²) in [6.07, 6.45) is 0.772. The molecular weight excluding hydrogens is 347 g/mol. The van der Waals surface area contributed by atoms with Gasteiger partial charge in [-0.3, -0.25) is 4.79 Å². The summed E-state index contributed by atoms with van der Waals surface area (Å²) in [7, 11) is 0. The first-order chi connectivity index (χ1) is 11.5. The molecule has 3 nitrogen and oxygen atoms in total. The van der Waals surface area contributed by atoms with E-state index in [0.717, 1.165) is 16.7 Å². The molecule has 4 rings (SSSR count). The van der Waals surface area contributed by atoms with Crippen molar-refractivity contribution in [3.8, 4) is 5.75 Å². The van der Waals surface area contributed by atoms with E-state index in [4.69, 9.17) is 27.9 Å². The fraction of sp³-hybridized carbons (Fsp3) is 0.316. The lowest BCUT2D eigenvalue weighted by Crippen LogP contribution is -2.29. The van der Waals surface area contributed by atoms with Crippen molar-refractivity contribution < 1.29 is 14.6 Å². The number of halogens is 2. The highest BCUT2D eigenvalue weighted by molar-refractivity contribution is 6.45. The van der Waals surface area contributed by atoms with Gasteiger partial charge in [-0.05, 0) is 24.5 Å². The second-order valence-corrected chi connectivity index (χ2v) is 7.38. The summed E-state index contributed by atoms with van der Waals surface area (Å²) >= 11 is 12.8. The van der Waals surface area contributed by atoms with E-state index in [0.29, 0.717) is 24.2 Å². The molecule has 0 aromatic heterocycles. The van der Waals surface area contributed by atoms with Gasteiger partial charge < -0.3 is 9.84 Å². The van der Waals surface area contributed by atoms with Gasteiger partial charge in [0.25, 0.3) is 0 Å². The number of carbonyl (C=O) groups is 1. The second kappa shape index (κ2) is 5.48. The molecule has 0 radical (unpaired) electrons. The van der Waals surface area contributed by atoms with Gasteiger partial charge in [0.05, 0.1) is 17.0 Å². The van der Waals surface area contributed by atoms with Crippen LogP contribution < -0.4 is 4.74 Å². The Morgan fingerprint density at radius 3 is 2.58 bits per heavy atom. The number of aliphatic hydroxyl groups excluding tert-OH is 1. The summed E-state index contributed by atoms with van der Waals surface area (Å²) in [5.74, 6) is 0.510. The quantitative estimate of drug-likeness (QED) is 0.878. The largest absolute Gasteiger partial charge is 0.486 e. The number of aliphatic hydroxyl groups is 1. The van der Waals surface area contributed by atoms with Crippen LogP contribution in [0.4, 0.5) is 0 Å². The van der Waals surface area contributed by atoms with Crippen LogP contribution in [-0.4, -0.2) is 23.6 Å². The Kier molecular flexibility index (Phi) is 3.64. The first-order valence-electron chi connectivity index (χ1n) is 7.88. The number of ketones is 1. The van der Waals surface area contributed by atoms with E-state index in [1.807, 2.05) is 37.3 Å².